The number of rotatable bonds is 1. The smallest absolute Gasteiger partial charge is 0.359 e. The monoisotopic (exact) mass is 490 g/mol. The average Bonchev–Trinajstić information content (AvgIpc) is 3.34. The predicted molar refractivity (Wildman–Crippen MR) is 107 cm³/mol. The number of thioether (sulfide) groups is 1. The van der Waals surface area contributed by atoms with Crippen LogP contribution in [0.5, 0.6) is 0 Å². The maximum Gasteiger partial charge on any atom is 0.359 e. The van der Waals surface area contributed by atoms with Crippen LogP contribution in [0.15, 0.2) is 9.90 Å². The van der Waals surface area contributed by atoms with Crippen molar-refractivity contribution >= 4 is 45.2 Å². The van der Waals surface area contributed by atoms with Crippen LogP contribution in [0.3, 0.4) is 0 Å². The van der Waals surface area contributed by atoms with Gasteiger partial charge < -0.3 is 14.4 Å². The van der Waals surface area contributed by atoms with Crippen LogP contribution >= 0.6 is 23.1 Å². The van der Waals surface area contributed by atoms with Crippen molar-refractivity contribution in [3.63, 3.8) is 0 Å². The third kappa shape index (κ3) is 5.29. The molecule has 2 saturated heterocycles. The summed E-state index contributed by atoms with van der Waals surface area (Å²) in [6.45, 7) is 11.4. The van der Waals surface area contributed by atoms with Crippen LogP contribution in [-0.2, 0) is 14.9 Å². The Labute approximate surface area is 190 Å². The highest BCUT2D eigenvalue weighted by Crippen LogP contribution is 2.47. The molecule has 5 rings (SSSR count). The number of aliphatic imine (C=N–C) groups is 1. The highest BCUT2D eigenvalue weighted by Gasteiger charge is 2.47. The molecule has 10 nitrogen and oxygen atoms in total. The van der Waals surface area contributed by atoms with Gasteiger partial charge >= 0.3 is 5.17 Å². The number of amidine groups is 1. The maximum atomic E-state index is 8.49. The molecule has 31 heavy (non-hydrogen) atoms. The van der Waals surface area contributed by atoms with Gasteiger partial charge in [-0.15, -0.1) is 10.2 Å². The van der Waals surface area contributed by atoms with Gasteiger partial charge in [-0.1, -0.05) is 11.3 Å². The predicted octanol–water partition coefficient (Wildman–Crippen LogP) is -2.56. The SMILES string of the molecule is CC1(C)C2=NC(=[N+]3CCOCC3)SC2=Cc2sc(N3CCOCC3)nc21.[O-][Cl+3]([O-])([O-])[O-]. The van der Waals surface area contributed by atoms with Gasteiger partial charge in [-0.25, -0.2) is 28.2 Å². The highest BCUT2D eigenvalue weighted by molar-refractivity contribution is 8.18. The van der Waals surface area contributed by atoms with Crippen molar-refractivity contribution in [1.82, 2.24) is 4.98 Å². The number of anilines is 1. The molecule has 0 aromatic carbocycles. The van der Waals surface area contributed by atoms with E-state index in [4.69, 9.17) is 38.1 Å². The zero-order valence-electron chi connectivity index (χ0n) is 17.2. The van der Waals surface area contributed by atoms with E-state index in [0.29, 0.717) is 0 Å². The first kappa shape index (κ1) is 23.1. The lowest BCUT2D eigenvalue weighted by molar-refractivity contribution is -2.00. The molecule has 0 unspecified atom stereocenters. The summed E-state index contributed by atoms with van der Waals surface area (Å²) >= 11 is 3.60. The highest BCUT2D eigenvalue weighted by atomic mass is 35.7. The van der Waals surface area contributed by atoms with Crippen LogP contribution in [0.25, 0.3) is 6.08 Å². The largest absolute Gasteiger partial charge is 0.378 e. The number of morpholine rings is 2. The summed E-state index contributed by atoms with van der Waals surface area (Å²) in [6.07, 6.45) is 2.29. The molecule has 0 bridgehead atoms. The molecule has 13 heteroatoms. The van der Waals surface area contributed by atoms with Gasteiger partial charge in [-0.3, -0.25) is 0 Å². The minimum absolute atomic E-state index is 0.165. The fourth-order valence-electron chi connectivity index (χ4n) is 3.74. The van der Waals surface area contributed by atoms with E-state index in [9.17, 15) is 0 Å². The molecule has 2 fully saturated rings. The summed E-state index contributed by atoms with van der Waals surface area (Å²) < 4.78 is 47.3. The number of nitrogens with zero attached hydrogens (tertiary/aromatic N) is 4. The molecule has 4 aliphatic rings. The Balaban J connectivity index is 0.000000418. The van der Waals surface area contributed by atoms with Crippen LogP contribution in [0.4, 0.5) is 5.13 Å². The third-order valence-electron chi connectivity index (χ3n) is 5.29. The molecular weight excluding hydrogens is 468 g/mol. The second-order valence-corrected chi connectivity index (χ2v) is 10.5. The summed E-state index contributed by atoms with van der Waals surface area (Å²) in [5, 5.41) is 2.23. The number of halogens is 1. The molecule has 3 aliphatic heterocycles. The van der Waals surface area contributed by atoms with Crippen LogP contribution in [0.1, 0.15) is 24.4 Å². The number of hydrogen-bond donors (Lipinski definition) is 0. The van der Waals surface area contributed by atoms with Crippen LogP contribution < -0.4 is 23.5 Å². The summed E-state index contributed by atoms with van der Waals surface area (Å²) in [5.74, 6) is 0. The molecule has 1 aromatic rings. The van der Waals surface area contributed by atoms with Gasteiger partial charge in [0.2, 0.25) is 0 Å². The summed E-state index contributed by atoms with van der Waals surface area (Å²) in [4.78, 5) is 15.0. The van der Waals surface area contributed by atoms with Crippen LogP contribution in [-0.4, -0.2) is 73.0 Å². The molecule has 0 spiro atoms. The van der Waals surface area contributed by atoms with E-state index in [1.165, 1.54) is 9.78 Å². The van der Waals surface area contributed by atoms with Crippen molar-refractivity contribution in [3.05, 3.63) is 15.5 Å². The average molecular weight is 491 g/mol. The van der Waals surface area contributed by atoms with Gasteiger partial charge in [0, 0.05) is 24.9 Å². The molecule has 4 heterocycles. The van der Waals surface area contributed by atoms with Gasteiger partial charge in [-0.05, 0) is 24.9 Å². The maximum absolute atomic E-state index is 8.49. The molecule has 0 saturated carbocycles. The van der Waals surface area contributed by atoms with Gasteiger partial charge in [0.25, 0.3) is 0 Å². The Morgan fingerprint density at radius 1 is 1.06 bits per heavy atom. The zero-order valence-corrected chi connectivity index (χ0v) is 19.6. The number of aromatic nitrogens is 1. The van der Waals surface area contributed by atoms with E-state index in [0.717, 1.165) is 74.3 Å². The Morgan fingerprint density at radius 2 is 1.68 bits per heavy atom. The first-order valence-electron chi connectivity index (χ1n) is 9.77. The lowest BCUT2D eigenvalue weighted by Crippen LogP contribution is -2.68. The van der Waals surface area contributed by atoms with E-state index in [1.807, 2.05) is 0 Å². The Kier molecular flexibility index (Phi) is 6.73. The molecule has 0 amide bonds. The fraction of sp³-hybridized carbons (Fsp3) is 0.611. The van der Waals surface area contributed by atoms with E-state index in [2.05, 4.69) is 29.4 Å². The standard InChI is InChI=1S/C18H23N4O2S2.ClHO4/c1-18(2)14-12(25-16(19-14)21-3-7-23-8-4-21)11-13-15(18)20-17(26-13)22-5-9-24-10-6-22;2-1(3,4)5/h11H,3-10H2,1-2H3;(H,2,3,4,5)/q+1;/p-1. The van der Waals surface area contributed by atoms with Gasteiger partial charge in [0.05, 0.1) is 47.3 Å². The van der Waals surface area contributed by atoms with Crippen molar-refractivity contribution < 1.29 is 42.9 Å². The molecule has 170 valence electrons. The molecule has 0 atom stereocenters. The first-order chi connectivity index (χ1) is 14.6. The van der Waals surface area contributed by atoms with E-state index in [1.54, 1.807) is 23.1 Å². The molecule has 0 radical (unpaired) electrons. The van der Waals surface area contributed by atoms with Gasteiger partial charge in [-0.2, -0.15) is 0 Å². The van der Waals surface area contributed by atoms with Gasteiger partial charge in [0.1, 0.15) is 13.1 Å². The van der Waals surface area contributed by atoms with Crippen molar-refractivity contribution in [2.45, 2.75) is 19.3 Å². The fourth-order valence-corrected chi connectivity index (χ4v) is 6.26. The Morgan fingerprint density at radius 3 is 2.32 bits per heavy atom. The van der Waals surface area contributed by atoms with Crippen molar-refractivity contribution in [3.8, 4) is 0 Å². The quantitative estimate of drug-likeness (QED) is 0.388. The van der Waals surface area contributed by atoms with E-state index in [-0.39, 0.29) is 5.41 Å². The van der Waals surface area contributed by atoms with Gasteiger partial charge in [0.15, 0.2) is 10.8 Å². The summed E-state index contributed by atoms with van der Waals surface area (Å²) in [6, 6.07) is 0. The van der Waals surface area contributed by atoms with Crippen molar-refractivity contribution in [1.29, 1.82) is 0 Å². The topological polar surface area (TPSA) is 142 Å². The number of hydrogen-bond acceptors (Lipinski definition) is 10. The van der Waals surface area contributed by atoms with Crippen molar-refractivity contribution in [2.24, 2.45) is 4.99 Å². The van der Waals surface area contributed by atoms with Crippen LogP contribution in [0.2, 0.25) is 0 Å². The molecule has 1 aromatic heterocycles. The molecule has 1 aliphatic carbocycles. The third-order valence-corrected chi connectivity index (χ3v) is 7.42. The zero-order chi connectivity index (χ0) is 22.2. The number of fused-ring (bicyclic) bond motifs is 2. The number of allylic oxidation sites excluding steroid dienone is 1. The Bertz CT molecular complexity index is 920. The molecule has 0 N–H and O–H groups in total. The Hall–Kier alpha value is -1.09. The second-order valence-electron chi connectivity index (χ2n) is 7.76. The lowest BCUT2D eigenvalue weighted by atomic mass is 9.80. The number of thiazole rings is 1. The normalized spacial score (nSPS) is 22.8. The second kappa shape index (κ2) is 9.04. The van der Waals surface area contributed by atoms with Crippen LogP contribution in [0, 0.1) is 10.2 Å². The molecular formula is C18H23ClN4O6S2. The number of ether oxygens (including phenoxy) is 2. The first-order valence-corrected chi connectivity index (χ1v) is 12.6. The minimum atomic E-state index is -4.94. The summed E-state index contributed by atoms with van der Waals surface area (Å²) in [7, 11) is -4.94. The van der Waals surface area contributed by atoms with Crippen molar-refractivity contribution in [2.75, 3.05) is 57.5 Å². The van der Waals surface area contributed by atoms with E-state index >= 15 is 0 Å². The lowest BCUT2D eigenvalue weighted by Gasteiger charge is -2.26. The minimum Gasteiger partial charge on any atom is -0.378 e. The van der Waals surface area contributed by atoms with E-state index < -0.39 is 10.2 Å². The summed E-state index contributed by atoms with van der Waals surface area (Å²) in [5.41, 5.74) is 2.16.